The van der Waals surface area contributed by atoms with Gasteiger partial charge in [-0.2, -0.15) is 0 Å². The van der Waals surface area contributed by atoms with Gasteiger partial charge in [0.05, 0.1) is 19.8 Å². The van der Waals surface area contributed by atoms with Gasteiger partial charge in [0.25, 0.3) is 0 Å². The molecular formula is C26H27NO5. The summed E-state index contributed by atoms with van der Waals surface area (Å²) >= 11 is 0. The van der Waals surface area contributed by atoms with E-state index < -0.39 is 11.9 Å². The van der Waals surface area contributed by atoms with Crippen molar-refractivity contribution in [2.24, 2.45) is 0 Å². The summed E-state index contributed by atoms with van der Waals surface area (Å²) in [6.07, 6.45) is 2.04. The highest BCUT2D eigenvalue weighted by Crippen LogP contribution is 2.44. The summed E-state index contributed by atoms with van der Waals surface area (Å²) in [4.78, 5) is 25.7. The number of Topliss-reactive ketones (excluding diaryl/α,β-unsaturated/α-hetero) is 1. The lowest BCUT2D eigenvalue weighted by molar-refractivity contribution is -0.136. The zero-order valence-electron chi connectivity index (χ0n) is 18.6. The zero-order chi connectivity index (χ0) is 22.7. The van der Waals surface area contributed by atoms with Crippen molar-refractivity contribution >= 4 is 11.8 Å². The highest BCUT2D eigenvalue weighted by molar-refractivity contribution is 6.03. The van der Waals surface area contributed by atoms with Gasteiger partial charge in [-0.25, -0.2) is 4.79 Å². The number of hydrogen-bond acceptors (Lipinski definition) is 6. The van der Waals surface area contributed by atoms with Crippen LogP contribution in [0.1, 0.15) is 43.2 Å². The quantitative estimate of drug-likeness (QED) is 0.680. The first-order valence-corrected chi connectivity index (χ1v) is 10.7. The summed E-state index contributed by atoms with van der Waals surface area (Å²) in [6.45, 7) is 2.22. The minimum Gasteiger partial charge on any atom is -0.493 e. The van der Waals surface area contributed by atoms with E-state index in [2.05, 4.69) is 5.32 Å². The number of benzene rings is 2. The molecule has 0 spiro atoms. The van der Waals surface area contributed by atoms with Crippen molar-refractivity contribution in [3.63, 3.8) is 0 Å². The molecule has 1 N–H and O–H groups in total. The van der Waals surface area contributed by atoms with Gasteiger partial charge in [0.15, 0.2) is 17.3 Å². The topological polar surface area (TPSA) is 73.9 Å². The smallest absolute Gasteiger partial charge is 0.336 e. The number of ketones is 1. The van der Waals surface area contributed by atoms with Crippen molar-refractivity contribution in [2.45, 2.75) is 38.7 Å². The first-order chi connectivity index (χ1) is 15.5. The Morgan fingerprint density at radius 1 is 1.06 bits per heavy atom. The fraction of sp³-hybridized carbons (Fsp3) is 0.308. The van der Waals surface area contributed by atoms with E-state index in [1.165, 1.54) is 7.11 Å². The van der Waals surface area contributed by atoms with E-state index in [0.29, 0.717) is 41.4 Å². The lowest BCUT2D eigenvalue weighted by atomic mass is 9.75. The summed E-state index contributed by atoms with van der Waals surface area (Å²) in [5.74, 6) is 0.229. The van der Waals surface area contributed by atoms with Crippen LogP contribution in [0.4, 0.5) is 0 Å². The molecule has 6 heteroatoms. The van der Waals surface area contributed by atoms with Crippen LogP contribution in [0.15, 0.2) is 71.1 Å². The van der Waals surface area contributed by atoms with Crippen LogP contribution in [-0.2, 0) is 20.9 Å². The van der Waals surface area contributed by atoms with Crippen molar-refractivity contribution in [1.29, 1.82) is 0 Å². The summed E-state index contributed by atoms with van der Waals surface area (Å²) in [5.41, 5.74) is 4.50. The second-order valence-electron chi connectivity index (χ2n) is 7.94. The molecule has 0 fully saturated rings. The molecule has 2 aromatic carbocycles. The average Bonchev–Trinajstić information content (AvgIpc) is 2.82. The molecule has 1 atom stereocenters. The van der Waals surface area contributed by atoms with Crippen LogP contribution in [0.25, 0.3) is 0 Å². The average molecular weight is 434 g/mol. The van der Waals surface area contributed by atoms with Crippen molar-refractivity contribution in [1.82, 2.24) is 5.32 Å². The van der Waals surface area contributed by atoms with E-state index in [9.17, 15) is 9.59 Å². The van der Waals surface area contributed by atoms with Crippen molar-refractivity contribution in [3.05, 3.63) is 82.2 Å². The van der Waals surface area contributed by atoms with Crippen LogP contribution >= 0.6 is 0 Å². The van der Waals surface area contributed by atoms with Crippen LogP contribution in [0.3, 0.4) is 0 Å². The number of carbonyl (C=O) groups is 2. The van der Waals surface area contributed by atoms with Gasteiger partial charge in [0.2, 0.25) is 0 Å². The molecule has 1 aliphatic carbocycles. The first-order valence-electron chi connectivity index (χ1n) is 10.7. The summed E-state index contributed by atoms with van der Waals surface area (Å²) < 4.78 is 16.7. The van der Waals surface area contributed by atoms with Crippen LogP contribution in [0, 0.1) is 0 Å². The highest BCUT2D eigenvalue weighted by atomic mass is 16.5. The predicted octanol–water partition coefficient (Wildman–Crippen LogP) is 4.42. The summed E-state index contributed by atoms with van der Waals surface area (Å²) in [5, 5.41) is 3.28. The van der Waals surface area contributed by atoms with Gasteiger partial charge in [0, 0.05) is 29.3 Å². The molecule has 0 radical (unpaired) electrons. The molecule has 0 aromatic heterocycles. The molecule has 6 nitrogen and oxygen atoms in total. The van der Waals surface area contributed by atoms with Gasteiger partial charge in [-0.15, -0.1) is 0 Å². The van der Waals surface area contributed by atoms with E-state index in [1.807, 2.05) is 55.5 Å². The van der Waals surface area contributed by atoms with E-state index in [4.69, 9.17) is 14.2 Å². The minimum atomic E-state index is -0.517. The van der Waals surface area contributed by atoms with E-state index >= 15 is 0 Å². The number of allylic oxidation sites excluding steroid dienone is 3. The normalized spacial score (nSPS) is 18.1. The largest absolute Gasteiger partial charge is 0.493 e. The minimum absolute atomic E-state index is 0.0558. The molecule has 4 rings (SSSR count). The van der Waals surface area contributed by atoms with E-state index in [0.717, 1.165) is 29.7 Å². The van der Waals surface area contributed by atoms with Gasteiger partial charge in [-0.3, -0.25) is 4.79 Å². The third-order valence-electron chi connectivity index (χ3n) is 5.94. The van der Waals surface area contributed by atoms with Crippen LogP contribution in [0.5, 0.6) is 11.5 Å². The van der Waals surface area contributed by atoms with Gasteiger partial charge >= 0.3 is 5.97 Å². The third-order valence-corrected chi connectivity index (χ3v) is 5.94. The Labute approximate surface area is 187 Å². The van der Waals surface area contributed by atoms with Crippen LogP contribution in [-0.4, -0.2) is 26.0 Å². The molecule has 0 bridgehead atoms. The maximum Gasteiger partial charge on any atom is 0.336 e. The molecular weight excluding hydrogens is 406 g/mol. The Morgan fingerprint density at radius 2 is 1.84 bits per heavy atom. The number of ether oxygens (including phenoxy) is 3. The first kappa shape index (κ1) is 21.7. The van der Waals surface area contributed by atoms with Gasteiger partial charge in [-0.05, 0) is 43.0 Å². The Kier molecular flexibility index (Phi) is 6.30. The molecule has 1 heterocycles. The number of esters is 1. The summed E-state index contributed by atoms with van der Waals surface area (Å²) in [6, 6.07) is 15.4. The molecule has 2 aromatic rings. The van der Waals surface area contributed by atoms with E-state index in [1.54, 1.807) is 7.11 Å². The monoisotopic (exact) mass is 433 g/mol. The zero-order valence-corrected chi connectivity index (χ0v) is 18.6. The lowest BCUT2D eigenvalue weighted by Crippen LogP contribution is -2.34. The van der Waals surface area contributed by atoms with Crippen molar-refractivity contribution in [3.8, 4) is 11.5 Å². The van der Waals surface area contributed by atoms with E-state index in [-0.39, 0.29) is 5.78 Å². The molecule has 0 amide bonds. The molecule has 166 valence electrons. The van der Waals surface area contributed by atoms with Gasteiger partial charge in [-0.1, -0.05) is 36.4 Å². The Morgan fingerprint density at radius 3 is 2.56 bits per heavy atom. The van der Waals surface area contributed by atoms with Gasteiger partial charge < -0.3 is 19.5 Å². The predicted molar refractivity (Wildman–Crippen MR) is 120 cm³/mol. The maximum absolute atomic E-state index is 13.0. The Balaban J connectivity index is 1.77. The summed E-state index contributed by atoms with van der Waals surface area (Å²) in [7, 11) is 2.94. The Hall–Kier alpha value is -3.54. The number of carbonyl (C=O) groups excluding carboxylic acids is 2. The number of dihydropyridines is 1. The SMILES string of the molecule is COC(=O)C1=C(C)NC2=C(C(=O)CCC2)[C@@H]1c1ccc(OC)c(OCc2ccccc2)c1. The van der Waals surface area contributed by atoms with Crippen molar-refractivity contribution < 1.29 is 23.8 Å². The molecule has 32 heavy (non-hydrogen) atoms. The second kappa shape index (κ2) is 9.30. The third kappa shape index (κ3) is 4.13. The molecule has 0 saturated heterocycles. The second-order valence-corrected chi connectivity index (χ2v) is 7.94. The van der Waals surface area contributed by atoms with Crippen LogP contribution < -0.4 is 14.8 Å². The standard InChI is InChI=1S/C26H27NO5/c1-16-23(26(29)31-3)24(25-19(27-16)10-7-11-20(25)28)18-12-13-21(30-2)22(14-18)32-15-17-8-5-4-6-9-17/h4-6,8-9,12-14,24,27H,7,10-11,15H2,1-3H3/t24-/m1/s1. The van der Waals surface area contributed by atoms with Gasteiger partial charge in [0.1, 0.15) is 6.61 Å². The molecule has 2 aliphatic rings. The number of methoxy groups -OCH3 is 2. The highest BCUT2D eigenvalue weighted by Gasteiger charge is 2.39. The molecule has 1 aliphatic heterocycles. The number of rotatable bonds is 6. The lowest BCUT2D eigenvalue weighted by Gasteiger charge is -2.34. The fourth-order valence-corrected chi connectivity index (χ4v) is 4.42. The van der Waals surface area contributed by atoms with Crippen molar-refractivity contribution in [2.75, 3.05) is 14.2 Å². The maximum atomic E-state index is 13.0. The molecule has 0 saturated carbocycles. The number of hydrogen-bond donors (Lipinski definition) is 1. The van der Waals surface area contributed by atoms with Crippen LogP contribution in [0.2, 0.25) is 0 Å². The Bertz CT molecular complexity index is 1100. The fourth-order valence-electron chi connectivity index (χ4n) is 4.42. The number of nitrogens with one attached hydrogen (secondary N) is 1. The molecule has 0 unspecified atom stereocenters.